The van der Waals surface area contributed by atoms with Crippen LogP contribution in [0.2, 0.25) is 0 Å². The molecule has 0 saturated carbocycles. The molecular formula is C25H22N4O3S. The van der Waals surface area contributed by atoms with Crippen LogP contribution in [0, 0.1) is 0 Å². The second kappa shape index (κ2) is 10.6. The van der Waals surface area contributed by atoms with Crippen LogP contribution >= 0.6 is 11.8 Å². The minimum atomic E-state index is -0.506. The number of nitrogens with zero attached hydrogens (tertiary/aromatic N) is 3. The molecule has 0 saturated heterocycles. The molecular weight excluding hydrogens is 436 g/mol. The Kier molecular flexibility index (Phi) is 7.16. The maximum atomic E-state index is 12.7. The normalized spacial score (nSPS) is 10.6. The molecule has 0 fully saturated rings. The number of carbonyl (C=O) groups excluding carboxylic acids is 2. The van der Waals surface area contributed by atoms with Crippen LogP contribution < -0.4 is 5.32 Å². The number of hydrogen-bond acceptors (Lipinski definition) is 6. The van der Waals surface area contributed by atoms with Crippen molar-refractivity contribution >= 4 is 29.3 Å². The summed E-state index contributed by atoms with van der Waals surface area (Å²) >= 11 is 1.29. The molecule has 1 amide bonds. The molecule has 3 aromatic carbocycles. The number of aromatic nitrogens is 3. The first-order valence-corrected chi connectivity index (χ1v) is 11.3. The smallest absolute Gasteiger partial charge is 0.339 e. The first-order chi connectivity index (χ1) is 16.2. The van der Waals surface area contributed by atoms with Crippen LogP contribution in [0.3, 0.4) is 0 Å². The Balaban J connectivity index is 1.53. The van der Waals surface area contributed by atoms with Crippen LogP contribution in [-0.4, -0.2) is 39.5 Å². The zero-order chi connectivity index (χ0) is 23.0. The fraction of sp³-hybridized carbons (Fsp3) is 0.120. The highest BCUT2D eigenvalue weighted by Crippen LogP contribution is 2.25. The lowest BCUT2D eigenvalue weighted by atomic mass is 10.2. The van der Waals surface area contributed by atoms with E-state index in [-0.39, 0.29) is 11.7 Å². The maximum Gasteiger partial charge on any atom is 0.339 e. The highest BCUT2D eigenvalue weighted by molar-refractivity contribution is 7.99. The Morgan fingerprint density at radius 3 is 2.30 bits per heavy atom. The predicted octanol–water partition coefficient (Wildman–Crippen LogP) is 4.51. The lowest BCUT2D eigenvalue weighted by molar-refractivity contribution is -0.113. The third-order valence-electron chi connectivity index (χ3n) is 4.87. The SMILES string of the molecule is COC(=O)c1ccccc1NC(=O)CSc1nnc(-c2ccccc2)n1Cc1ccccc1. The van der Waals surface area contributed by atoms with Gasteiger partial charge in [-0.1, -0.05) is 84.6 Å². The Hall–Kier alpha value is -3.91. The standard InChI is InChI=1S/C25H22N4O3S/c1-32-24(31)20-14-8-9-15-21(20)26-22(30)17-33-25-28-27-23(19-12-6-3-7-13-19)29(25)16-18-10-4-2-5-11-18/h2-15H,16-17H2,1H3,(H,26,30). The highest BCUT2D eigenvalue weighted by atomic mass is 32.2. The van der Waals surface area contributed by atoms with Crippen molar-refractivity contribution in [3.05, 3.63) is 96.1 Å². The summed E-state index contributed by atoms with van der Waals surface area (Å²) in [5.41, 5.74) is 2.76. The number of nitrogens with one attached hydrogen (secondary N) is 1. The first-order valence-electron chi connectivity index (χ1n) is 10.3. The summed E-state index contributed by atoms with van der Waals surface area (Å²) in [6.07, 6.45) is 0. The number of esters is 1. The second-order valence-corrected chi connectivity index (χ2v) is 8.06. The number of rotatable bonds is 8. The topological polar surface area (TPSA) is 86.1 Å². The maximum absolute atomic E-state index is 12.7. The Bertz CT molecular complexity index is 1240. The van der Waals surface area contributed by atoms with Gasteiger partial charge < -0.3 is 10.1 Å². The molecule has 7 nitrogen and oxygen atoms in total. The van der Waals surface area contributed by atoms with Crippen molar-refractivity contribution in [1.29, 1.82) is 0 Å². The summed E-state index contributed by atoms with van der Waals surface area (Å²) in [7, 11) is 1.31. The van der Waals surface area contributed by atoms with E-state index in [2.05, 4.69) is 15.5 Å². The first kappa shape index (κ1) is 22.3. The molecule has 8 heteroatoms. The molecule has 0 unspecified atom stereocenters. The van der Waals surface area contributed by atoms with Gasteiger partial charge >= 0.3 is 5.97 Å². The Labute approximate surface area is 195 Å². The summed E-state index contributed by atoms with van der Waals surface area (Å²) in [6, 6.07) is 26.6. The van der Waals surface area contributed by atoms with Gasteiger partial charge in [0.05, 0.1) is 30.7 Å². The number of carbonyl (C=O) groups is 2. The lowest BCUT2D eigenvalue weighted by Gasteiger charge is -2.11. The summed E-state index contributed by atoms with van der Waals surface area (Å²) < 4.78 is 6.79. The van der Waals surface area contributed by atoms with Gasteiger partial charge in [0.1, 0.15) is 0 Å². The van der Waals surface area contributed by atoms with Gasteiger partial charge in [0.25, 0.3) is 0 Å². The molecule has 1 heterocycles. The third-order valence-corrected chi connectivity index (χ3v) is 5.84. The van der Waals surface area contributed by atoms with E-state index in [0.717, 1.165) is 17.0 Å². The number of hydrogen-bond donors (Lipinski definition) is 1. The molecule has 0 radical (unpaired) electrons. The summed E-state index contributed by atoms with van der Waals surface area (Å²) in [6.45, 7) is 0.577. The van der Waals surface area contributed by atoms with Gasteiger partial charge in [-0.3, -0.25) is 9.36 Å². The molecule has 0 spiro atoms. The molecule has 166 valence electrons. The van der Waals surface area contributed by atoms with E-state index in [9.17, 15) is 9.59 Å². The molecule has 4 rings (SSSR count). The average molecular weight is 459 g/mol. The Morgan fingerprint density at radius 1 is 0.909 bits per heavy atom. The number of ether oxygens (including phenoxy) is 1. The van der Waals surface area contributed by atoms with Gasteiger partial charge in [0.2, 0.25) is 5.91 Å². The fourth-order valence-corrected chi connectivity index (χ4v) is 4.04. The summed E-state index contributed by atoms with van der Waals surface area (Å²) in [5.74, 6) is 0.0796. The van der Waals surface area contributed by atoms with Crippen LogP contribution in [0.5, 0.6) is 0 Å². The van der Waals surface area contributed by atoms with E-state index in [0.29, 0.717) is 23.0 Å². The number of para-hydroxylation sites is 1. The number of thioether (sulfide) groups is 1. The minimum absolute atomic E-state index is 0.108. The van der Waals surface area contributed by atoms with Gasteiger partial charge in [-0.2, -0.15) is 0 Å². The van der Waals surface area contributed by atoms with Crippen molar-refractivity contribution in [2.75, 3.05) is 18.2 Å². The molecule has 1 aromatic heterocycles. The number of amides is 1. The molecule has 0 bridgehead atoms. The lowest BCUT2D eigenvalue weighted by Crippen LogP contribution is -2.17. The predicted molar refractivity (Wildman–Crippen MR) is 128 cm³/mol. The van der Waals surface area contributed by atoms with E-state index >= 15 is 0 Å². The second-order valence-electron chi connectivity index (χ2n) is 7.12. The highest BCUT2D eigenvalue weighted by Gasteiger charge is 2.17. The monoisotopic (exact) mass is 458 g/mol. The molecule has 0 aliphatic heterocycles. The number of methoxy groups -OCH3 is 1. The van der Waals surface area contributed by atoms with Gasteiger partial charge in [-0.15, -0.1) is 10.2 Å². The third kappa shape index (κ3) is 5.48. The van der Waals surface area contributed by atoms with Crippen molar-refractivity contribution in [1.82, 2.24) is 14.8 Å². The van der Waals surface area contributed by atoms with Crippen molar-refractivity contribution in [2.24, 2.45) is 0 Å². The van der Waals surface area contributed by atoms with Crippen LogP contribution in [0.15, 0.2) is 90.1 Å². The molecule has 33 heavy (non-hydrogen) atoms. The molecule has 4 aromatic rings. The summed E-state index contributed by atoms with van der Waals surface area (Å²) in [5, 5.41) is 12.2. The van der Waals surface area contributed by atoms with Crippen molar-refractivity contribution in [2.45, 2.75) is 11.7 Å². The van der Waals surface area contributed by atoms with Gasteiger partial charge in [-0.25, -0.2) is 4.79 Å². The molecule has 0 aliphatic rings. The van der Waals surface area contributed by atoms with E-state index in [4.69, 9.17) is 4.74 Å². The van der Waals surface area contributed by atoms with Crippen LogP contribution in [0.25, 0.3) is 11.4 Å². The zero-order valence-corrected chi connectivity index (χ0v) is 18.8. The van der Waals surface area contributed by atoms with Gasteiger partial charge in [0.15, 0.2) is 11.0 Å². The van der Waals surface area contributed by atoms with Crippen molar-refractivity contribution in [3.63, 3.8) is 0 Å². The quantitative estimate of drug-likeness (QED) is 0.309. The minimum Gasteiger partial charge on any atom is -0.465 e. The molecule has 1 N–H and O–H groups in total. The Morgan fingerprint density at radius 2 is 1.58 bits per heavy atom. The van der Waals surface area contributed by atoms with Crippen LogP contribution in [0.4, 0.5) is 5.69 Å². The van der Waals surface area contributed by atoms with E-state index < -0.39 is 5.97 Å². The molecule has 0 atom stereocenters. The van der Waals surface area contributed by atoms with E-state index in [1.807, 2.05) is 65.2 Å². The van der Waals surface area contributed by atoms with E-state index in [1.165, 1.54) is 18.9 Å². The van der Waals surface area contributed by atoms with Gasteiger partial charge in [0, 0.05) is 5.56 Å². The van der Waals surface area contributed by atoms with Crippen LogP contribution in [-0.2, 0) is 16.1 Å². The van der Waals surface area contributed by atoms with Crippen LogP contribution in [0.1, 0.15) is 15.9 Å². The van der Waals surface area contributed by atoms with Gasteiger partial charge in [-0.05, 0) is 17.7 Å². The molecule has 0 aliphatic carbocycles. The number of benzene rings is 3. The largest absolute Gasteiger partial charge is 0.465 e. The van der Waals surface area contributed by atoms with E-state index in [1.54, 1.807) is 24.3 Å². The number of anilines is 1. The van der Waals surface area contributed by atoms with Crippen molar-refractivity contribution in [3.8, 4) is 11.4 Å². The fourth-order valence-electron chi connectivity index (χ4n) is 3.30. The zero-order valence-electron chi connectivity index (χ0n) is 18.0. The summed E-state index contributed by atoms with van der Waals surface area (Å²) in [4.78, 5) is 24.6. The average Bonchev–Trinajstić information content (AvgIpc) is 3.26. The van der Waals surface area contributed by atoms with Crippen molar-refractivity contribution < 1.29 is 14.3 Å².